The molecule has 1 saturated heterocycles. The van der Waals surface area contributed by atoms with E-state index in [1.54, 1.807) is 23.7 Å². The maximum atomic E-state index is 13.2. The zero-order valence-electron chi connectivity index (χ0n) is 16.2. The fraction of sp³-hybridized carbons (Fsp3) is 0.200. The second-order valence-electron chi connectivity index (χ2n) is 6.80. The standard InChI is InChI=1S/C20H18ClFN4O3S2/c21-17-6-1-14(19(27)24-20-23-7-12-30-20)13-18(17)31(28,29)26-10-8-25(9-11-26)16-4-2-15(22)3-5-16/h1-7,12-13H,8-11H2,(H,23,24,27). The van der Waals surface area contributed by atoms with Crippen molar-refractivity contribution in [2.45, 2.75) is 4.90 Å². The highest BCUT2D eigenvalue weighted by Crippen LogP contribution is 2.28. The smallest absolute Gasteiger partial charge is 0.257 e. The molecule has 7 nitrogen and oxygen atoms in total. The molecule has 1 fully saturated rings. The lowest BCUT2D eigenvalue weighted by Crippen LogP contribution is -2.48. The summed E-state index contributed by atoms with van der Waals surface area (Å²) in [6.07, 6.45) is 1.56. The highest BCUT2D eigenvalue weighted by Gasteiger charge is 2.31. The van der Waals surface area contributed by atoms with E-state index in [2.05, 4.69) is 10.3 Å². The van der Waals surface area contributed by atoms with Crippen molar-refractivity contribution in [3.8, 4) is 0 Å². The van der Waals surface area contributed by atoms with Gasteiger partial charge in [0.1, 0.15) is 10.7 Å². The van der Waals surface area contributed by atoms with Crippen LogP contribution in [0.4, 0.5) is 15.2 Å². The van der Waals surface area contributed by atoms with Gasteiger partial charge in [0.05, 0.1) is 5.02 Å². The molecule has 0 aliphatic carbocycles. The van der Waals surface area contributed by atoms with Gasteiger partial charge in [-0.05, 0) is 42.5 Å². The number of hydrogen-bond donors (Lipinski definition) is 1. The van der Waals surface area contributed by atoms with E-state index in [-0.39, 0.29) is 34.4 Å². The summed E-state index contributed by atoms with van der Waals surface area (Å²) in [4.78, 5) is 18.3. The molecule has 2 heterocycles. The van der Waals surface area contributed by atoms with E-state index in [0.29, 0.717) is 18.2 Å². The van der Waals surface area contributed by atoms with Crippen LogP contribution in [0.25, 0.3) is 0 Å². The number of nitrogens with one attached hydrogen (secondary N) is 1. The van der Waals surface area contributed by atoms with Crippen LogP contribution >= 0.6 is 22.9 Å². The average Bonchev–Trinajstić information content (AvgIpc) is 3.27. The number of benzene rings is 2. The van der Waals surface area contributed by atoms with Gasteiger partial charge < -0.3 is 4.90 Å². The van der Waals surface area contributed by atoms with Gasteiger partial charge in [0.15, 0.2) is 5.13 Å². The first-order valence-electron chi connectivity index (χ1n) is 9.36. The summed E-state index contributed by atoms with van der Waals surface area (Å²) in [5.74, 6) is -0.789. The van der Waals surface area contributed by atoms with E-state index in [0.717, 1.165) is 5.69 Å². The SMILES string of the molecule is O=C(Nc1nccs1)c1ccc(Cl)c(S(=O)(=O)N2CCN(c3ccc(F)cc3)CC2)c1. The molecule has 1 N–H and O–H groups in total. The van der Waals surface area contributed by atoms with Gasteiger partial charge in [0.2, 0.25) is 10.0 Å². The van der Waals surface area contributed by atoms with Gasteiger partial charge in [-0.25, -0.2) is 17.8 Å². The second-order valence-corrected chi connectivity index (χ2v) is 10.0. The fourth-order valence-electron chi connectivity index (χ4n) is 3.27. The molecule has 0 radical (unpaired) electrons. The molecule has 162 valence electrons. The molecule has 1 aliphatic heterocycles. The molecular formula is C20H18ClFN4O3S2. The summed E-state index contributed by atoms with van der Waals surface area (Å²) in [7, 11) is -3.90. The van der Waals surface area contributed by atoms with Gasteiger partial charge >= 0.3 is 0 Å². The number of halogens is 2. The predicted molar refractivity (Wildman–Crippen MR) is 119 cm³/mol. The molecule has 0 saturated carbocycles. The van der Waals surface area contributed by atoms with Crippen LogP contribution in [0.3, 0.4) is 0 Å². The summed E-state index contributed by atoms with van der Waals surface area (Å²) in [6, 6.07) is 10.2. The Kier molecular flexibility index (Phi) is 6.24. The van der Waals surface area contributed by atoms with Gasteiger partial charge in [-0.3, -0.25) is 10.1 Å². The Labute approximate surface area is 188 Å². The minimum absolute atomic E-state index is 0.0479. The maximum absolute atomic E-state index is 13.2. The van der Waals surface area contributed by atoms with Gasteiger partial charge in [0.25, 0.3) is 5.91 Å². The summed E-state index contributed by atoms with van der Waals surface area (Å²) in [5.41, 5.74) is 1.00. The van der Waals surface area contributed by atoms with Gasteiger partial charge in [-0.15, -0.1) is 11.3 Å². The number of sulfonamides is 1. The Morgan fingerprint density at radius 3 is 2.45 bits per heavy atom. The van der Waals surface area contributed by atoms with E-state index >= 15 is 0 Å². The number of hydrogen-bond acceptors (Lipinski definition) is 6. The Hall–Kier alpha value is -2.53. The van der Waals surface area contributed by atoms with E-state index in [1.165, 1.54) is 46.0 Å². The Balaban J connectivity index is 1.50. The Bertz CT molecular complexity index is 1180. The van der Waals surface area contributed by atoms with Gasteiger partial charge in [-0.1, -0.05) is 11.6 Å². The van der Waals surface area contributed by atoms with Crippen LogP contribution in [0.1, 0.15) is 10.4 Å². The van der Waals surface area contributed by atoms with E-state index in [9.17, 15) is 17.6 Å². The normalized spacial score (nSPS) is 15.1. The minimum atomic E-state index is -3.90. The van der Waals surface area contributed by atoms with Crippen molar-refractivity contribution in [3.05, 3.63) is 70.4 Å². The van der Waals surface area contributed by atoms with Crippen LogP contribution < -0.4 is 10.2 Å². The zero-order chi connectivity index (χ0) is 22.0. The van der Waals surface area contributed by atoms with Crippen molar-refractivity contribution in [1.29, 1.82) is 0 Å². The van der Waals surface area contributed by atoms with Crippen LogP contribution in [0, 0.1) is 5.82 Å². The Morgan fingerprint density at radius 2 is 1.81 bits per heavy atom. The molecule has 1 aliphatic rings. The molecule has 1 aromatic heterocycles. The van der Waals surface area contributed by atoms with Gasteiger partial charge in [0, 0.05) is 49.0 Å². The molecule has 1 amide bonds. The average molecular weight is 481 g/mol. The molecule has 31 heavy (non-hydrogen) atoms. The molecule has 11 heteroatoms. The van der Waals surface area contributed by atoms with Crippen molar-refractivity contribution in [2.24, 2.45) is 0 Å². The van der Waals surface area contributed by atoms with Crippen molar-refractivity contribution in [3.63, 3.8) is 0 Å². The maximum Gasteiger partial charge on any atom is 0.257 e. The Morgan fingerprint density at radius 1 is 1.10 bits per heavy atom. The number of thiazole rings is 1. The number of anilines is 2. The third-order valence-electron chi connectivity index (χ3n) is 4.89. The monoisotopic (exact) mass is 480 g/mol. The van der Waals surface area contributed by atoms with E-state index < -0.39 is 15.9 Å². The van der Waals surface area contributed by atoms with Crippen molar-refractivity contribution < 1.29 is 17.6 Å². The van der Waals surface area contributed by atoms with Crippen LogP contribution in [0.15, 0.2) is 58.9 Å². The molecule has 0 atom stereocenters. The van der Waals surface area contributed by atoms with Crippen LogP contribution in [-0.2, 0) is 10.0 Å². The van der Waals surface area contributed by atoms with Crippen molar-refractivity contribution in [2.75, 3.05) is 36.4 Å². The van der Waals surface area contributed by atoms with Crippen LogP contribution in [0.5, 0.6) is 0 Å². The third kappa shape index (κ3) is 4.72. The molecule has 0 spiro atoms. The molecule has 2 aromatic carbocycles. The number of carbonyl (C=O) groups excluding carboxylic acids is 1. The first-order valence-corrected chi connectivity index (χ1v) is 12.1. The second kappa shape index (κ2) is 8.91. The summed E-state index contributed by atoms with van der Waals surface area (Å²) >= 11 is 7.45. The number of nitrogens with zero attached hydrogens (tertiary/aromatic N) is 3. The quantitative estimate of drug-likeness (QED) is 0.602. The number of carbonyl (C=O) groups is 1. The topological polar surface area (TPSA) is 82.6 Å². The van der Waals surface area contributed by atoms with E-state index in [4.69, 9.17) is 11.6 Å². The predicted octanol–water partition coefficient (Wildman–Crippen LogP) is 3.70. The van der Waals surface area contributed by atoms with E-state index in [1.807, 2.05) is 4.90 Å². The molecule has 3 aromatic rings. The number of rotatable bonds is 5. The largest absolute Gasteiger partial charge is 0.369 e. The lowest BCUT2D eigenvalue weighted by molar-refractivity contribution is 0.102. The fourth-order valence-corrected chi connectivity index (χ4v) is 5.72. The van der Waals surface area contributed by atoms with Crippen LogP contribution in [0.2, 0.25) is 5.02 Å². The highest BCUT2D eigenvalue weighted by atomic mass is 35.5. The molecule has 0 unspecified atom stereocenters. The van der Waals surface area contributed by atoms with Crippen molar-refractivity contribution >= 4 is 49.7 Å². The van der Waals surface area contributed by atoms with Crippen molar-refractivity contribution in [1.82, 2.24) is 9.29 Å². The zero-order valence-corrected chi connectivity index (χ0v) is 18.6. The molecule has 0 bridgehead atoms. The first-order chi connectivity index (χ1) is 14.8. The summed E-state index contributed by atoms with van der Waals surface area (Å²) in [5, 5.41) is 4.81. The first kappa shape index (κ1) is 21.7. The molecule has 4 rings (SSSR count). The summed E-state index contributed by atoms with van der Waals surface area (Å²) in [6.45, 7) is 1.39. The highest BCUT2D eigenvalue weighted by molar-refractivity contribution is 7.89. The third-order valence-corrected chi connectivity index (χ3v) is 7.96. The van der Waals surface area contributed by atoms with Crippen LogP contribution in [-0.4, -0.2) is 49.8 Å². The minimum Gasteiger partial charge on any atom is -0.369 e. The lowest BCUT2D eigenvalue weighted by atomic mass is 10.2. The number of amides is 1. The summed E-state index contributed by atoms with van der Waals surface area (Å²) < 4.78 is 40.9. The molecular weight excluding hydrogens is 463 g/mol. The number of piperazine rings is 1. The lowest BCUT2D eigenvalue weighted by Gasteiger charge is -2.35. The number of aromatic nitrogens is 1. The van der Waals surface area contributed by atoms with Gasteiger partial charge in [-0.2, -0.15) is 4.31 Å².